The molecular formula is C12H19N3. The molecule has 15 heavy (non-hydrogen) atoms. The number of nitrogens with zero attached hydrogens (tertiary/aromatic N) is 2. The third kappa shape index (κ3) is 1.69. The fourth-order valence-corrected chi connectivity index (χ4v) is 2.64. The summed E-state index contributed by atoms with van der Waals surface area (Å²) >= 11 is 0. The lowest BCUT2D eigenvalue weighted by Crippen LogP contribution is -2.28. The summed E-state index contributed by atoms with van der Waals surface area (Å²) in [5.74, 6) is 0.700. The fourth-order valence-electron chi connectivity index (χ4n) is 2.64. The number of rotatable bonds is 2. The predicted octanol–water partition coefficient (Wildman–Crippen LogP) is 1.99. The zero-order valence-electron chi connectivity index (χ0n) is 9.37. The van der Waals surface area contributed by atoms with E-state index < -0.39 is 0 Å². The van der Waals surface area contributed by atoms with E-state index in [1.807, 2.05) is 0 Å². The molecule has 1 aromatic rings. The van der Waals surface area contributed by atoms with Gasteiger partial charge in [-0.25, -0.2) is 0 Å². The van der Waals surface area contributed by atoms with Crippen LogP contribution >= 0.6 is 0 Å². The summed E-state index contributed by atoms with van der Waals surface area (Å²) < 4.78 is 2.24. The molecule has 1 aromatic heterocycles. The van der Waals surface area contributed by atoms with Gasteiger partial charge >= 0.3 is 0 Å². The number of aromatic nitrogens is 2. The van der Waals surface area contributed by atoms with Crippen molar-refractivity contribution in [2.24, 2.45) is 0 Å². The van der Waals surface area contributed by atoms with Crippen LogP contribution in [-0.2, 0) is 0 Å². The molecule has 1 unspecified atom stereocenters. The molecule has 0 bridgehead atoms. The highest BCUT2D eigenvalue weighted by Crippen LogP contribution is 2.37. The molecule has 1 N–H and O–H groups in total. The van der Waals surface area contributed by atoms with Gasteiger partial charge in [-0.15, -0.1) is 0 Å². The lowest BCUT2D eigenvalue weighted by atomic mass is 9.92. The monoisotopic (exact) mass is 205 g/mol. The van der Waals surface area contributed by atoms with Crippen LogP contribution in [-0.4, -0.2) is 22.9 Å². The standard InChI is InChI=1S/C12H19N3/c1-9-12(10-3-2-6-13-7-10)8-14-15(9)11-4-5-11/h8,10-11,13H,2-7H2,1H3. The molecule has 3 rings (SSSR count). The Balaban J connectivity index is 1.83. The van der Waals surface area contributed by atoms with Crippen molar-refractivity contribution in [2.75, 3.05) is 13.1 Å². The first-order valence-electron chi connectivity index (χ1n) is 6.11. The molecule has 1 atom stereocenters. The number of piperidine rings is 1. The van der Waals surface area contributed by atoms with Crippen molar-refractivity contribution in [3.8, 4) is 0 Å². The van der Waals surface area contributed by atoms with Crippen LogP contribution in [0.2, 0.25) is 0 Å². The Bertz CT molecular complexity index is 346. The lowest BCUT2D eigenvalue weighted by molar-refractivity contribution is 0.459. The van der Waals surface area contributed by atoms with Gasteiger partial charge in [0.1, 0.15) is 0 Å². The predicted molar refractivity (Wildman–Crippen MR) is 60.1 cm³/mol. The molecule has 1 aliphatic heterocycles. The first-order chi connectivity index (χ1) is 7.36. The Hall–Kier alpha value is -0.830. The molecule has 1 aliphatic carbocycles. The normalized spacial score (nSPS) is 26.9. The average molecular weight is 205 g/mol. The van der Waals surface area contributed by atoms with Crippen LogP contribution in [0.25, 0.3) is 0 Å². The van der Waals surface area contributed by atoms with E-state index in [1.54, 1.807) is 0 Å². The van der Waals surface area contributed by atoms with E-state index in [-0.39, 0.29) is 0 Å². The first kappa shape index (κ1) is 9.40. The van der Waals surface area contributed by atoms with Crippen molar-refractivity contribution in [1.29, 1.82) is 0 Å². The molecule has 2 heterocycles. The summed E-state index contributed by atoms with van der Waals surface area (Å²) in [4.78, 5) is 0. The van der Waals surface area contributed by atoms with Gasteiger partial charge in [-0.3, -0.25) is 4.68 Å². The smallest absolute Gasteiger partial charge is 0.0528 e. The van der Waals surface area contributed by atoms with Crippen molar-refractivity contribution < 1.29 is 0 Å². The Morgan fingerprint density at radius 1 is 1.40 bits per heavy atom. The van der Waals surface area contributed by atoms with Crippen molar-refractivity contribution in [3.05, 3.63) is 17.5 Å². The minimum Gasteiger partial charge on any atom is -0.316 e. The highest BCUT2D eigenvalue weighted by atomic mass is 15.3. The summed E-state index contributed by atoms with van der Waals surface area (Å²) in [6.45, 7) is 4.55. The average Bonchev–Trinajstić information content (AvgIpc) is 3.04. The van der Waals surface area contributed by atoms with Gasteiger partial charge in [0.2, 0.25) is 0 Å². The van der Waals surface area contributed by atoms with E-state index in [2.05, 4.69) is 28.2 Å². The molecule has 82 valence electrons. The number of hydrogen-bond donors (Lipinski definition) is 1. The van der Waals surface area contributed by atoms with Gasteiger partial charge in [0.15, 0.2) is 0 Å². The quantitative estimate of drug-likeness (QED) is 0.800. The summed E-state index contributed by atoms with van der Waals surface area (Å²) in [6.07, 6.45) is 7.38. The molecule has 2 aliphatic rings. The molecule has 1 saturated heterocycles. The zero-order valence-corrected chi connectivity index (χ0v) is 9.37. The Morgan fingerprint density at radius 2 is 2.27 bits per heavy atom. The van der Waals surface area contributed by atoms with Crippen LogP contribution in [0.4, 0.5) is 0 Å². The maximum absolute atomic E-state index is 4.54. The van der Waals surface area contributed by atoms with E-state index >= 15 is 0 Å². The summed E-state index contributed by atoms with van der Waals surface area (Å²) in [6, 6.07) is 0.718. The number of hydrogen-bond acceptors (Lipinski definition) is 2. The van der Waals surface area contributed by atoms with Crippen molar-refractivity contribution >= 4 is 0 Å². The summed E-state index contributed by atoms with van der Waals surface area (Å²) in [7, 11) is 0. The highest BCUT2D eigenvalue weighted by Gasteiger charge is 2.28. The lowest BCUT2D eigenvalue weighted by Gasteiger charge is -2.22. The minimum atomic E-state index is 0.700. The minimum absolute atomic E-state index is 0.700. The Morgan fingerprint density at radius 3 is 2.93 bits per heavy atom. The van der Waals surface area contributed by atoms with Gasteiger partial charge < -0.3 is 5.32 Å². The van der Waals surface area contributed by atoms with Crippen molar-refractivity contribution in [3.63, 3.8) is 0 Å². The van der Waals surface area contributed by atoms with Gasteiger partial charge in [0.25, 0.3) is 0 Å². The molecule has 2 fully saturated rings. The van der Waals surface area contributed by atoms with Crippen LogP contribution in [0.15, 0.2) is 6.20 Å². The molecular weight excluding hydrogens is 186 g/mol. The van der Waals surface area contributed by atoms with Crippen molar-refractivity contribution in [2.45, 2.75) is 44.6 Å². The van der Waals surface area contributed by atoms with Crippen LogP contribution in [0, 0.1) is 6.92 Å². The van der Waals surface area contributed by atoms with Crippen LogP contribution in [0.3, 0.4) is 0 Å². The van der Waals surface area contributed by atoms with E-state index in [4.69, 9.17) is 0 Å². The van der Waals surface area contributed by atoms with Crippen molar-refractivity contribution in [1.82, 2.24) is 15.1 Å². The molecule has 0 aromatic carbocycles. The molecule has 0 radical (unpaired) electrons. The molecule has 1 saturated carbocycles. The second-order valence-corrected chi connectivity index (χ2v) is 4.90. The SMILES string of the molecule is Cc1c(C2CCCNC2)cnn1C1CC1. The topological polar surface area (TPSA) is 29.9 Å². The largest absolute Gasteiger partial charge is 0.316 e. The zero-order chi connectivity index (χ0) is 10.3. The molecule has 3 heteroatoms. The van der Waals surface area contributed by atoms with Gasteiger partial charge in [-0.2, -0.15) is 5.10 Å². The maximum Gasteiger partial charge on any atom is 0.0528 e. The van der Waals surface area contributed by atoms with Crippen LogP contribution in [0.5, 0.6) is 0 Å². The third-order valence-corrected chi connectivity index (χ3v) is 3.71. The first-order valence-corrected chi connectivity index (χ1v) is 6.11. The molecule has 3 nitrogen and oxygen atoms in total. The maximum atomic E-state index is 4.54. The second kappa shape index (κ2) is 3.63. The highest BCUT2D eigenvalue weighted by molar-refractivity contribution is 5.23. The number of nitrogens with one attached hydrogen (secondary N) is 1. The second-order valence-electron chi connectivity index (χ2n) is 4.90. The van der Waals surface area contributed by atoms with Gasteiger partial charge in [0, 0.05) is 12.2 Å². The van der Waals surface area contributed by atoms with Crippen LogP contribution in [0.1, 0.15) is 48.9 Å². The Labute approximate surface area is 90.9 Å². The van der Waals surface area contributed by atoms with Gasteiger partial charge in [-0.05, 0) is 50.6 Å². The molecule has 0 amide bonds. The van der Waals surface area contributed by atoms with Gasteiger partial charge in [-0.1, -0.05) is 0 Å². The van der Waals surface area contributed by atoms with E-state index in [1.165, 1.54) is 43.5 Å². The van der Waals surface area contributed by atoms with E-state index in [0.29, 0.717) is 5.92 Å². The fraction of sp³-hybridized carbons (Fsp3) is 0.750. The van der Waals surface area contributed by atoms with Gasteiger partial charge in [0.05, 0.1) is 12.2 Å². The third-order valence-electron chi connectivity index (χ3n) is 3.71. The van der Waals surface area contributed by atoms with E-state index in [0.717, 1.165) is 12.6 Å². The Kier molecular flexibility index (Phi) is 2.28. The van der Waals surface area contributed by atoms with E-state index in [9.17, 15) is 0 Å². The summed E-state index contributed by atoms with van der Waals surface area (Å²) in [5.41, 5.74) is 2.89. The van der Waals surface area contributed by atoms with Crippen LogP contribution < -0.4 is 5.32 Å². The molecule has 0 spiro atoms. The summed E-state index contributed by atoms with van der Waals surface area (Å²) in [5, 5.41) is 8.02.